The number of carbonyl (C=O) groups excluding carboxylic acids is 1. The van der Waals surface area contributed by atoms with Gasteiger partial charge in [0.05, 0.1) is 13.2 Å². The van der Waals surface area contributed by atoms with Gasteiger partial charge < -0.3 is 15.2 Å². The fourth-order valence-electron chi connectivity index (χ4n) is 2.50. The van der Waals surface area contributed by atoms with E-state index in [9.17, 15) is 9.90 Å². The summed E-state index contributed by atoms with van der Waals surface area (Å²) >= 11 is 0. The Morgan fingerprint density at radius 3 is 2.81 bits per heavy atom. The van der Waals surface area contributed by atoms with Gasteiger partial charge in [0.15, 0.2) is 0 Å². The van der Waals surface area contributed by atoms with Crippen LogP contribution in [0.3, 0.4) is 0 Å². The molecule has 0 amide bonds. The number of esters is 1. The summed E-state index contributed by atoms with van der Waals surface area (Å²) in [6.45, 7) is 3.89. The third kappa shape index (κ3) is 2.12. The third-order valence-corrected chi connectivity index (χ3v) is 3.49. The molecule has 0 spiro atoms. The van der Waals surface area contributed by atoms with Crippen molar-refractivity contribution in [2.24, 2.45) is 5.92 Å². The summed E-state index contributed by atoms with van der Waals surface area (Å²) < 4.78 is 6.49. The minimum Gasteiger partial charge on any atom is -0.508 e. The molecule has 1 aliphatic heterocycles. The number of nitrogens with one attached hydrogen (secondary N) is 1. The second-order valence-corrected chi connectivity index (χ2v) is 4.72. The summed E-state index contributed by atoms with van der Waals surface area (Å²) in [5, 5.41) is 16.6. The number of anilines is 1. The SMILES string of the molecule is C=C1Nc2ncnn2C(c2ccc(O)cc2)C1C(=O)OC. The van der Waals surface area contributed by atoms with Crippen molar-refractivity contribution in [2.75, 3.05) is 12.4 Å². The first kappa shape index (κ1) is 13.2. The molecule has 1 aliphatic rings. The van der Waals surface area contributed by atoms with E-state index < -0.39 is 17.9 Å². The highest BCUT2D eigenvalue weighted by molar-refractivity contribution is 5.78. The molecule has 108 valence electrons. The number of ether oxygens (including phenoxy) is 1. The molecule has 0 saturated heterocycles. The van der Waals surface area contributed by atoms with Crippen molar-refractivity contribution in [1.29, 1.82) is 0 Å². The largest absolute Gasteiger partial charge is 0.508 e. The Morgan fingerprint density at radius 2 is 2.14 bits per heavy atom. The molecule has 1 aromatic heterocycles. The highest BCUT2D eigenvalue weighted by Crippen LogP contribution is 2.37. The van der Waals surface area contributed by atoms with E-state index in [1.807, 2.05) is 0 Å². The first-order chi connectivity index (χ1) is 10.1. The summed E-state index contributed by atoms with van der Waals surface area (Å²) in [5.41, 5.74) is 1.30. The average molecular weight is 286 g/mol. The number of phenolic OH excluding ortho intramolecular Hbond substituents is 1. The molecule has 0 aliphatic carbocycles. The highest BCUT2D eigenvalue weighted by atomic mass is 16.5. The molecular formula is C14H14N4O3. The van der Waals surface area contributed by atoms with Gasteiger partial charge in [-0.3, -0.25) is 4.79 Å². The van der Waals surface area contributed by atoms with E-state index in [-0.39, 0.29) is 5.75 Å². The lowest BCUT2D eigenvalue weighted by molar-refractivity contribution is -0.145. The van der Waals surface area contributed by atoms with Crippen molar-refractivity contribution in [2.45, 2.75) is 6.04 Å². The zero-order valence-corrected chi connectivity index (χ0v) is 11.4. The second-order valence-electron chi connectivity index (χ2n) is 4.72. The van der Waals surface area contributed by atoms with E-state index in [0.29, 0.717) is 11.6 Å². The first-order valence-electron chi connectivity index (χ1n) is 6.34. The number of rotatable bonds is 2. The molecule has 1 aromatic carbocycles. The van der Waals surface area contributed by atoms with Crippen molar-refractivity contribution in [3.8, 4) is 5.75 Å². The number of fused-ring (bicyclic) bond motifs is 1. The van der Waals surface area contributed by atoms with Crippen LogP contribution in [0.4, 0.5) is 5.95 Å². The number of hydrogen-bond donors (Lipinski definition) is 2. The van der Waals surface area contributed by atoms with Crippen LogP contribution in [0.2, 0.25) is 0 Å². The van der Waals surface area contributed by atoms with Crippen LogP contribution in [0.15, 0.2) is 42.9 Å². The van der Waals surface area contributed by atoms with Gasteiger partial charge in [0.1, 0.15) is 18.0 Å². The van der Waals surface area contributed by atoms with Crippen molar-refractivity contribution in [3.63, 3.8) is 0 Å². The van der Waals surface area contributed by atoms with Crippen LogP contribution in [0.25, 0.3) is 0 Å². The van der Waals surface area contributed by atoms with Gasteiger partial charge in [0, 0.05) is 5.70 Å². The number of carbonyl (C=O) groups is 1. The number of phenols is 1. The third-order valence-electron chi connectivity index (χ3n) is 3.49. The van der Waals surface area contributed by atoms with E-state index in [1.54, 1.807) is 28.9 Å². The molecule has 0 saturated carbocycles. The minimum absolute atomic E-state index is 0.153. The van der Waals surface area contributed by atoms with Crippen LogP contribution >= 0.6 is 0 Å². The van der Waals surface area contributed by atoms with Crippen LogP contribution in [0.1, 0.15) is 11.6 Å². The Labute approximate surface area is 120 Å². The van der Waals surface area contributed by atoms with Gasteiger partial charge in [-0.15, -0.1) is 0 Å². The van der Waals surface area contributed by atoms with Gasteiger partial charge in [0.2, 0.25) is 5.95 Å². The zero-order chi connectivity index (χ0) is 15.0. The van der Waals surface area contributed by atoms with Crippen LogP contribution < -0.4 is 5.32 Å². The lowest BCUT2D eigenvalue weighted by Gasteiger charge is -2.32. The van der Waals surface area contributed by atoms with E-state index in [0.717, 1.165) is 5.56 Å². The molecule has 7 heteroatoms. The normalized spacial score (nSPS) is 20.5. The molecule has 3 rings (SSSR count). The molecule has 2 aromatic rings. The maximum atomic E-state index is 12.1. The van der Waals surface area contributed by atoms with E-state index in [2.05, 4.69) is 22.0 Å². The fraction of sp³-hybridized carbons (Fsp3) is 0.214. The van der Waals surface area contributed by atoms with Crippen LogP contribution in [-0.2, 0) is 9.53 Å². The van der Waals surface area contributed by atoms with Crippen LogP contribution in [-0.4, -0.2) is 33.0 Å². The Hall–Kier alpha value is -2.83. The Kier molecular flexibility index (Phi) is 3.09. The van der Waals surface area contributed by atoms with Crippen LogP contribution in [0, 0.1) is 5.92 Å². The molecule has 7 nitrogen and oxygen atoms in total. The average Bonchev–Trinajstić information content (AvgIpc) is 2.94. The smallest absolute Gasteiger partial charge is 0.317 e. The molecule has 0 radical (unpaired) electrons. The van der Waals surface area contributed by atoms with Gasteiger partial charge in [-0.05, 0) is 17.7 Å². The summed E-state index contributed by atoms with van der Waals surface area (Å²) in [6, 6.07) is 6.17. The Morgan fingerprint density at radius 1 is 1.43 bits per heavy atom. The summed E-state index contributed by atoms with van der Waals surface area (Å²) in [6.07, 6.45) is 1.41. The van der Waals surface area contributed by atoms with Gasteiger partial charge in [-0.25, -0.2) is 4.68 Å². The number of methoxy groups -OCH3 is 1. The monoisotopic (exact) mass is 286 g/mol. The predicted molar refractivity (Wildman–Crippen MR) is 74.5 cm³/mol. The molecule has 2 unspecified atom stereocenters. The molecule has 21 heavy (non-hydrogen) atoms. The summed E-state index contributed by atoms with van der Waals surface area (Å²) in [5.74, 6) is -0.376. The van der Waals surface area contributed by atoms with Crippen molar-refractivity contribution >= 4 is 11.9 Å². The maximum absolute atomic E-state index is 12.1. The highest BCUT2D eigenvalue weighted by Gasteiger charge is 2.40. The lowest BCUT2D eigenvalue weighted by Crippen LogP contribution is -2.37. The number of aromatic nitrogens is 3. The zero-order valence-electron chi connectivity index (χ0n) is 11.4. The number of hydrogen-bond acceptors (Lipinski definition) is 6. The predicted octanol–water partition coefficient (Wildman–Crippen LogP) is 1.30. The Balaban J connectivity index is 2.13. The standard InChI is InChI=1S/C14H14N4O3/c1-8-11(13(20)21-2)12(9-3-5-10(19)6-4-9)18-14(17-8)15-7-16-18/h3-7,11-12,19H,1H2,2H3,(H,15,16,17). The summed E-state index contributed by atoms with van der Waals surface area (Å²) in [4.78, 5) is 16.2. The minimum atomic E-state index is -0.631. The molecule has 2 heterocycles. The van der Waals surface area contributed by atoms with Crippen molar-refractivity contribution < 1.29 is 14.6 Å². The number of benzene rings is 1. The number of nitrogens with zero attached hydrogens (tertiary/aromatic N) is 3. The molecule has 0 fully saturated rings. The van der Waals surface area contributed by atoms with Gasteiger partial charge >= 0.3 is 5.97 Å². The van der Waals surface area contributed by atoms with Crippen molar-refractivity contribution in [3.05, 3.63) is 48.4 Å². The van der Waals surface area contributed by atoms with E-state index in [4.69, 9.17) is 4.74 Å². The van der Waals surface area contributed by atoms with Crippen LogP contribution in [0.5, 0.6) is 5.75 Å². The molecule has 2 atom stereocenters. The lowest BCUT2D eigenvalue weighted by atomic mass is 9.89. The molecule has 2 N–H and O–H groups in total. The summed E-state index contributed by atoms with van der Waals surface area (Å²) in [7, 11) is 1.33. The quantitative estimate of drug-likeness (QED) is 0.809. The van der Waals surface area contributed by atoms with Crippen molar-refractivity contribution in [1.82, 2.24) is 14.8 Å². The van der Waals surface area contributed by atoms with E-state index in [1.165, 1.54) is 13.4 Å². The maximum Gasteiger partial charge on any atom is 0.317 e. The number of aromatic hydroxyl groups is 1. The molecular weight excluding hydrogens is 272 g/mol. The van der Waals surface area contributed by atoms with Gasteiger partial charge in [-0.1, -0.05) is 18.7 Å². The molecule has 0 bridgehead atoms. The second kappa shape index (κ2) is 4.93. The van der Waals surface area contributed by atoms with Gasteiger partial charge in [-0.2, -0.15) is 10.1 Å². The van der Waals surface area contributed by atoms with E-state index >= 15 is 0 Å². The fourth-order valence-corrected chi connectivity index (χ4v) is 2.50. The first-order valence-corrected chi connectivity index (χ1v) is 6.34. The topological polar surface area (TPSA) is 89.3 Å². The Bertz CT molecular complexity index is 692. The van der Waals surface area contributed by atoms with Gasteiger partial charge in [0.25, 0.3) is 0 Å².